The van der Waals surface area contributed by atoms with Crippen LogP contribution in [0.4, 0.5) is 15.8 Å². The van der Waals surface area contributed by atoms with Gasteiger partial charge in [-0.1, -0.05) is 0 Å². The van der Waals surface area contributed by atoms with Crippen LogP contribution in [0.25, 0.3) is 0 Å². The first-order valence-corrected chi connectivity index (χ1v) is 3.86. The van der Waals surface area contributed by atoms with E-state index in [0.717, 1.165) is 13.0 Å². The van der Waals surface area contributed by atoms with E-state index in [1.54, 1.807) is 0 Å². The lowest BCUT2D eigenvalue weighted by Gasteiger charge is -2.05. The summed E-state index contributed by atoms with van der Waals surface area (Å²) in [5.74, 6) is -2.33. The Kier molecular flexibility index (Phi) is 2.84. The Morgan fingerprint density at radius 2 is 2.20 bits per heavy atom. The molecule has 0 aliphatic carbocycles. The van der Waals surface area contributed by atoms with Gasteiger partial charge in [-0.15, -0.1) is 0 Å². The van der Waals surface area contributed by atoms with Crippen molar-refractivity contribution in [3.8, 4) is 5.75 Å². The minimum atomic E-state index is -1.06. The second-order valence-corrected chi connectivity index (χ2v) is 2.76. The Bertz CT molecular complexity index is 410. The molecule has 0 aliphatic rings. The molecule has 0 unspecified atom stereocenters. The number of nitrogens with one attached hydrogen (secondary N) is 1. The van der Waals surface area contributed by atoms with E-state index in [2.05, 4.69) is 0 Å². The molecule has 0 atom stereocenters. The van der Waals surface area contributed by atoms with Crippen molar-refractivity contribution in [2.75, 3.05) is 5.32 Å². The van der Waals surface area contributed by atoms with E-state index in [0.29, 0.717) is 6.07 Å². The number of aromatic hydroxyl groups is 1. The van der Waals surface area contributed by atoms with Crippen LogP contribution in [0, 0.1) is 15.9 Å². The topological polar surface area (TPSA) is 92.5 Å². The lowest BCUT2D eigenvalue weighted by Crippen LogP contribution is -2.08. The van der Waals surface area contributed by atoms with Crippen molar-refractivity contribution in [2.45, 2.75) is 6.92 Å². The molecule has 0 saturated heterocycles. The summed E-state index contributed by atoms with van der Waals surface area (Å²) in [6.07, 6.45) is 0. The number of amides is 1. The summed E-state index contributed by atoms with van der Waals surface area (Å²) in [7, 11) is 0. The van der Waals surface area contributed by atoms with Crippen molar-refractivity contribution >= 4 is 17.3 Å². The number of nitrogens with zero attached hydrogens (tertiary/aromatic N) is 1. The fourth-order valence-electron chi connectivity index (χ4n) is 0.983. The number of phenols is 1. The van der Waals surface area contributed by atoms with Gasteiger partial charge in [-0.3, -0.25) is 14.9 Å². The van der Waals surface area contributed by atoms with Crippen LogP contribution in [-0.4, -0.2) is 15.9 Å². The fourth-order valence-corrected chi connectivity index (χ4v) is 0.983. The standard InChI is InChI=1S/C8H7FN2O4/c1-4(12)10-8-6(9)2-5(11(14)15)3-7(8)13/h2-3,13H,1H3,(H,10,12). The minimum Gasteiger partial charge on any atom is -0.505 e. The molecule has 2 N–H and O–H groups in total. The molecule has 0 heterocycles. The summed E-state index contributed by atoms with van der Waals surface area (Å²) in [6.45, 7) is 1.13. The molecule has 1 aromatic carbocycles. The third kappa shape index (κ3) is 2.39. The molecule has 6 nitrogen and oxygen atoms in total. The van der Waals surface area contributed by atoms with Gasteiger partial charge in [0.15, 0.2) is 5.82 Å². The van der Waals surface area contributed by atoms with Crippen molar-refractivity contribution in [3.63, 3.8) is 0 Å². The van der Waals surface area contributed by atoms with E-state index in [-0.39, 0.29) is 0 Å². The summed E-state index contributed by atoms with van der Waals surface area (Å²) >= 11 is 0. The number of anilines is 1. The molecule has 0 aliphatic heterocycles. The van der Waals surface area contributed by atoms with Gasteiger partial charge < -0.3 is 10.4 Å². The Labute approximate surface area is 83.5 Å². The summed E-state index contributed by atoms with van der Waals surface area (Å²) in [5, 5.41) is 21.5. The number of carbonyl (C=O) groups excluding carboxylic acids is 1. The average molecular weight is 214 g/mol. The number of hydrogen-bond donors (Lipinski definition) is 2. The van der Waals surface area contributed by atoms with Crippen LogP contribution < -0.4 is 5.32 Å². The number of benzene rings is 1. The summed E-state index contributed by atoms with van der Waals surface area (Å²) in [5.41, 5.74) is -1.05. The second-order valence-electron chi connectivity index (χ2n) is 2.76. The number of nitro groups is 1. The fraction of sp³-hybridized carbons (Fsp3) is 0.125. The van der Waals surface area contributed by atoms with E-state index in [1.807, 2.05) is 5.32 Å². The highest BCUT2D eigenvalue weighted by molar-refractivity contribution is 5.90. The zero-order valence-electron chi connectivity index (χ0n) is 7.65. The predicted octanol–water partition coefficient (Wildman–Crippen LogP) is 1.40. The predicted molar refractivity (Wildman–Crippen MR) is 49.0 cm³/mol. The minimum absolute atomic E-state index is 0.465. The van der Waals surface area contributed by atoms with Crippen molar-refractivity contribution in [2.24, 2.45) is 0 Å². The van der Waals surface area contributed by atoms with E-state index >= 15 is 0 Å². The number of non-ortho nitro benzene ring substituents is 1. The first-order valence-electron chi connectivity index (χ1n) is 3.86. The molecule has 15 heavy (non-hydrogen) atoms. The van der Waals surface area contributed by atoms with Gasteiger partial charge >= 0.3 is 0 Å². The molecule has 1 aromatic rings. The highest BCUT2D eigenvalue weighted by atomic mass is 19.1. The third-order valence-corrected chi connectivity index (χ3v) is 1.57. The van der Waals surface area contributed by atoms with Gasteiger partial charge in [-0.05, 0) is 0 Å². The van der Waals surface area contributed by atoms with Crippen molar-refractivity contribution in [1.82, 2.24) is 0 Å². The number of nitro benzene ring substituents is 1. The Morgan fingerprint density at radius 1 is 1.60 bits per heavy atom. The lowest BCUT2D eigenvalue weighted by molar-refractivity contribution is -0.385. The summed E-state index contributed by atoms with van der Waals surface area (Å²) in [6, 6.07) is 1.37. The highest BCUT2D eigenvalue weighted by Gasteiger charge is 2.16. The van der Waals surface area contributed by atoms with Crippen LogP contribution in [0.5, 0.6) is 5.75 Å². The van der Waals surface area contributed by atoms with Crippen LogP contribution in [0.15, 0.2) is 12.1 Å². The quantitative estimate of drug-likeness (QED) is 0.442. The van der Waals surface area contributed by atoms with Crippen LogP contribution in [0.1, 0.15) is 6.92 Å². The molecule has 0 aromatic heterocycles. The SMILES string of the molecule is CC(=O)Nc1c(O)cc([N+](=O)[O-])cc1F. The van der Waals surface area contributed by atoms with Crippen molar-refractivity contribution in [1.29, 1.82) is 0 Å². The maximum Gasteiger partial charge on any atom is 0.276 e. The normalized spacial score (nSPS) is 9.73. The van der Waals surface area contributed by atoms with Crippen LogP contribution in [0.2, 0.25) is 0 Å². The van der Waals surface area contributed by atoms with E-state index in [1.165, 1.54) is 0 Å². The van der Waals surface area contributed by atoms with Crippen molar-refractivity contribution < 1.29 is 19.2 Å². The maximum absolute atomic E-state index is 13.2. The zero-order chi connectivity index (χ0) is 11.6. The molecule has 1 amide bonds. The maximum atomic E-state index is 13.2. The lowest BCUT2D eigenvalue weighted by atomic mass is 10.2. The monoisotopic (exact) mass is 214 g/mol. The Hall–Kier alpha value is -2.18. The molecule has 0 fully saturated rings. The second kappa shape index (κ2) is 3.91. The molecular weight excluding hydrogens is 207 g/mol. The molecule has 0 saturated carbocycles. The molecule has 0 bridgehead atoms. The van der Waals surface area contributed by atoms with Crippen LogP contribution in [-0.2, 0) is 4.79 Å². The van der Waals surface area contributed by atoms with Gasteiger partial charge in [0, 0.05) is 6.92 Å². The molecular formula is C8H7FN2O4. The molecule has 1 rings (SSSR count). The molecule has 80 valence electrons. The molecule has 0 radical (unpaired) electrons. The Balaban J connectivity index is 3.21. The summed E-state index contributed by atoms with van der Waals surface area (Å²) in [4.78, 5) is 20.0. The van der Waals surface area contributed by atoms with E-state index < -0.39 is 33.8 Å². The third-order valence-electron chi connectivity index (χ3n) is 1.57. The first kappa shape index (κ1) is 10.9. The highest BCUT2D eigenvalue weighted by Crippen LogP contribution is 2.31. The number of phenolic OH excluding ortho intramolecular Hbond substituents is 1. The largest absolute Gasteiger partial charge is 0.505 e. The van der Waals surface area contributed by atoms with Crippen LogP contribution in [0.3, 0.4) is 0 Å². The smallest absolute Gasteiger partial charge is 0.276 e. The van der Waals surface area contributed by atoms with E-state index in [4.69, 9.17) is 0 Å². The molecule has 0 spiro atoms. The van der Waals surface area contributed by atoms with Gasteiger partial charge in [-0.2, -0.15) is 0 Å². The van der Waals surface area contributed by atoms with Gasteiger partial charge in [-0.25, -0.2) is 4.39 Å². The van der Waals surface area contributed by atoms with Gasteiger partial charge in [0.25, 0.3) is 5.69 Å². The number of halogens is 1. The van der Waals surface area contributed by atoms with E-state index in [9.17, 15) is 24.4 Å². The van der Waals surface area contributed by atoms with Gasteiger partial charge in [0.2, 0.25) is 5.91 Å². The van der Waals surface area contributed by atoms with Crippen molar-refractivity contribution in [3.05, 3.63) is 28.1 Å². The summed E-state index contributed by atoms with van der Waals surface area (Å²) < 4.78 is 13.2. The average Bonchev–Trinajstić information content (AvgIpc) is 2.10. The molecule has 7 heteroatoms. The van der Waals surface area contributed by atoms with Gasteiger partial charge in [0.05, 0.1) is 17.1 Å². The number of rotatable bonds is 2. The Morgan fingerprint density at radius 3 is 2.60 bits per heavy atom. The first-order chi connectivity index (χ1) is 6.91. The zero-order valence-corrected chi connectivity index (χ0v) is 7.65. The number of carbonyl (C=O) groups is 1. The van der Waals surface area contributed by atoms with Gasteiger partial charge in [0.1, 0.15) is 11.4 Å². The number of hydrogen-bond acceptors (Lipinski definition) is 4. The van der Waals surface area contributed by atoms with Crippen LogP contribution >= 0.6 is 0 Å².